The van der Waals surface area contributed by atoms with Gasteiger partial charge in [0.1, 0.15) is 0 Å². The first-order chi connectivity index (χ1) is 4.41. The topological polar surface area (TPSA) is 27.7 Å². The van der Waals surface area contributed by atoms with Crippen molar-refractivity contribution in [2.75, 3.05) is 25.7 Å². The monoisotopic (exact) mass is 174 g/mol. The molecular weight excluding hydrogens is 167 g/mol. The first kappa shape index (κ1) is 9.46. The molecule has 1 heterocycles. The molecule has 0 radical (unpaired) electrons. The SMILES string of the molecule is C1OCOCO1.ClCCl. The van der Waals surface area contributed by atoms with E-state index < -0.39 is 0 Å². The lowest BCUT2D eigenvalue weighted by molar-refractivity contribution is -0.247. The molecule has 3 nitrogen and oxygen atoms in total. The van der Waals surface area contributed by atoms with Crippen LogP contribution in [-0.4, -0.2) is 25.7 Å². The minimum Gasteiger partial charge on any atom is -0.329 e. The smallest absolute Gasteiger partial charge is 0.152 e. The van der Waals surface area contributed by atoms with Gasteiger partial charge in [0.15, 0.2) is 20.4 Å². The summed E-state index contributed by atoms with van der Waals surface area (Å²) in [4.78, 5) is 0. The van der Waals surface area contributed by atoms with E-state index in [1.165, 1.54) is 0 Å². The van der Waals surface area contributed by atoms with Crippen molar-refractivity contribution < 1.29 is 14.2 Å². The summed E-state index contributed by atoms with van der Waals surface area (Å²) in [6.45, 7) is 1.12. The second kappa shape index (κ2) is 8.46. The van der Waals surface area contributed by atoms with Crippen molar-refractivity contribution in [2.45, 2.75) is 0 Å². The van der Waals surface area contributed by atoms with Crippen LogP contribution in [0.25, 0.3) is 0 Å². The zero-order chi connectivity index (χ0) is 6.95. The largest absolute Gasteiger partial charge is 0.329 e. The van der Waals surface area contributed by atoms with E-state index >= 15 is 0 Å². The van der Waals surface area contributed by atoms with E-state index in [1.54, 1.807) is 0 Å². The predicted octanol–water partition coefficient (Wildman–Crippen LogP) is 1.34. The lowest BCUT2D eigenvalue weighted by atomic mass is 11.2. The molecule has 1 aliphatic rings. The number of rotatable bonds is 0. The van der Waals surface area contributed by atoms with E-state index in [0.29, 0.717) is 20.4 Å². The number of ether oxygens (including phenoxy) is 3. The van der Waals surface area contributed by atoms with Crippen LogP contribution in [-0.2, 0) is 14.2 Å². The third-order valence-electron chi connectivity index (χ3n) is 0.500. The average Bonchev–Trinajstić information content (AvgIpc) is 1.93. The Labute approximate surface area is 63.8 Å². The van der Waals surface area contributed by atoms with Gasteiger partial charge in [0.05, 0.1) is 5.34 Å². The van der Waals surface area contributed by atoms with Crippen LogP contribution < -0.4 is 0 Å². The molecule has 0 bridgehead atoms. The molecule has 0 saturated carbocycles. The Bertz CT molecular complexity index is 37.6. The quantitative estimate of drug-likeness (QED) is 0.520. The first-order valence-corrected chi connectivity index (χ1v) is 3.34. The second-order valence-electron chi connectivity index (χ2n) is 1.07. The molecule has 0 aromatic heterocycles. The Morgan fingerprint density at radius 2 is 1.11 bits per heavy atom. The molecule has 1 rings (SSSR count). The second-order valence-corrected chi connectivity index (χ2v) is 1.88. The van der Waals surface area contributed by atoms with Crippen LogP contribution >= 0.6 is 23.2 Å². The van der Waals surface area contributed by atoms with Gasteiger partial charge in [-0.3, -0.25) is 0 Å². The predicted molar refractivity (Wildman–Crippen MR) is 34.4 cm³/mol. The molecule has 0 aromatic rings. The van der Waals surface area contributed by atoms with Gasteiger partial charge in [-0.25, -0.2) is 0 Å². The number of halogens is 2. The number of alkyl halides is 2. The molecule has 0 amide bonds. The van der Waals surface area contributed by atoms with Crippen molar-refractivity contribution in [3.05, 3.63) is 0 Å². The van der Waals surface area contributed by atoms with E-state index in [2.05, 4.69) is 14.2 Å². The maximum atomic E-state index is 4.76. The van der Waals surface area contributed by atoms with Gasteiger partial charge in [-0.1, -0.05) is 0 Å². The van der Waals surface area contributed by atoms with E-state index in [1.807, 2.05) is 0 Å². The highest BCUT2D eigenvalue weighted by Gasteiger charge is 1.93. The Morgan fingerprint density at radius 3 is 1.22 bits per heavy atom. The van der Waals surface area contributed by atoms with Crippen LogP contribution in [0, 0.1) is 0 Å². The van der Waals surface area contributed by atoms with Crippen molar-refractivity contribution in [3.8, 4) is 0 Å². The molecule has 0 atom stereocenters. The highest BCUT2D eigenvalue weighted by Crippen LogP contribution is 1.87. The average molecular weight is 175 g/mol. The summed E-state index contributed by atoms with van der Waals surface area (Å²) in [6, 6.07) is 0. The molecule has 56 valence electrons. The fourth-order valence-corrected chi connectivity index (χ4v) is 0.279. The number of hydrogen-bond donors (Lipinski definition) is 0. The molecule has 0 spiro atoms. The lowest BCUT2D eigenvalue weighted by Crippen LogP contribution is -2.14. The summed E-state index contributed by atoms with van der Waals surface area (Å²) in [7, 11) is 0. The molecule has 1 aliphatic heterocycles. The third kappa shape index (κ3) is 8.46. The van der Waals surface area contributed by atoms with Crippen molar-refractivity contribution in [2.24, 2.45) is 0 Å². The maximum absolute atomic E-state index is 4.76. The Hall–Kier alpha value is 0.460. The fraction of sp³-hybridized carbons (Fsp3) is 1.00. The van der Waals surface area contributed by atoms with E-state index in [4.69, 9.17) is 23.2 Å². The van der Waals surface area contributed by atoms with Gasteiger partial charge in [-0.05, 0) is 0 Å². The molecule has 0 N–H and O–H groups in total. The van der Waals surface area contributed by atoms with Gasteiger partial charge in [-0.2, -0.15) is 0 Å². The fourth-order valence-electron chi connectivity index (χ4n) is 0.279. The summed E-state index contributed by atoms with van der Waals surface area (Å²) in [5, 5.41) is 0.194. The molecule has 0 aliphatic carbocycles. The van der Waals surface area contributed by atoms with Gasteiger partial charge in [0, 0.05) is 0 Å². The summed E-state index contributed by atoms with van der Waals surface area (Å²) in [6.07, 6.45) is 0. The van der Waals surface area contributed by atoms with Crippen LogP contribution in [0.4, 0.5) is 0 Å². The summed E-state index contributed by atoms with van der Waals surface area (Å²) in [5.41, 5.74) is 0. The first-order valence-electron chi connectivity index (χ1n) is 2.27. The third-order valence-corrected chi connectivity index (χ3v) is 0.500. The van der Waals surface area contributed by atoms with E-state index in [-0.39, 0.29) is 5.34 Å². The van der Waals surface area contributed by atoms with Gasteiger partial charge in [0.2, 0.25) is 0 Å². The number of hydrogen-bond acceptors (Lipinski definition) is 3. The molecular formula is C4H8Cl2O3. The molecule has 0 unspecified atom stereocenters. The van der Waals surface area contributed by atoms with Crippen LogP contribution in [0.5, 0.6) is 0 Å². The Kier molecular flexibility index (Phi) is 8.89. The highest BCUT2D eigenvalue weighted by molar-refractivity contribution is 6.40. The van der Waals surface area contributed by atoms with Crippen molar-refractivity contribution in [3.63, 3.8) is 0 Å². The van der Waals surface area contributed by atoms with Gasteiger partial charge in [0.25, 0.3) is 0 Å². The molecule has 1 fully saturated rings. The minimum absolute atomic E-state index is 0.194. The standard InChI is InChI=1S/C3H6O3.CH2Cl2/c1-4-2-6-3-5-1;2-1-3/h1-3H2;1H2. The lowest BCUT2D eigenvalue weighted by Gasteiger charge is -2.10. The minimum atomic E-state index is 0.194. The van der Waals surface area contributed by atoms with Crippen molar-refractivity contribution in [1.29, 1.82) is 0 Å². The zero-order valence-corrected chi connectivity index (χ0v) is 6.32. The zero-order valence-electron chi connectivity index (χ0n) is 4.81. The Morgan fingerprint density at radius 1 is 0.889 bits per heavy atom. The van der Waals surface area contributed by atoms with Gasteiger partial charge < -0.3 is 14.2 Å². The van der Waals surface area contributed by atoms with E-state index in [0.717, 1.165) is 0 Å². The van der Waals surface area contributed by atoms with Crippen molar-refractivity contribution >= 4 is 23.2 Å². The Balaban J connectivity index is 0.000000187. The van der Waals surface area contributed by atoms with Crippen LogP contribution in [0.3, 0.4) is 0 Å². The summed E-state index contributed by atoms with van der Waals surface area (Å²) < 4.78 is 13.9. The summed E-state index contributed by atoms with van der Waals surface area (Å²) in [5.74, 6) is 0. The van der Waals surface area contributed by atoms with Crippen molar-refractivity contribution in [1.82, 2.24) is 0 Å². The van der Waals surface area contributed by atoms with Crippen LogP contribution in [0.1, 0.15) is 0 Å². The van der Waals surface area contributed by atoms with Crippen LogP contribution in [0.2, 0.25) is 0 Å². The van der Waals surface area contributed by atoms with Crippen LogP contribution in [0.15, 0.2) is 0 Å². The molecule has 5 heteroatoms. The van der Waals surface area contributed by atoms with Gasteiger partial charge in [-0.15, -0.1) is 23.2 Å². The molecule has 0 aromatic carbocycles. The van der Waals surface area contributed by atoms with E-state index in [9.17, 15) is 0 Å². The highest BCUT2D eigenvalue weighted by atomic mass is 35.5. The molecule has 1 saturated heterocycles. The maximum Gasteiger partial charge on any atom is 0.152 e. The normalized spacial score (nSPS) is 18.0. The summed E-state index contributed by atoms with van der Waals surface area (Å²) >= 11 is 9.53. The molecule has 9 heavy (non-hydrogen) atoms. The van der Waals surface area contributed by atoms with Gasteiger partial charge >= 0.3 is 0 Å².